The van der Waals surface area contributed by atoms with E-state index in [1.165, 1.54) is 5.57 Å². The summed E-state index contributed by atoms with van der Waals surface area (Å²) in [7, 11) is 0. The number of hydrogen-bond acceptors (Lipinski definition) is 3. The quantitative estimate of drug-likeness (QED) is 0.625. The van der Waals surface area contributed by atoms with E-state index in [0.29, 0.717) is 29.7 Å². The Labute approximate surface area is 173 Å². The predicted molar refractivity (Wildman–Crippen MR) is 112 cm³/mol. The summed E-state index contributed by atoms with van der Waals surface area (Å²) in [5.74, 6) is 1.73. The first kappa shape index (κ1) is 18.8. The van der Waals surface area contributed by atoms with E-state index in [0.717, 1.165) is 32.1 Å². The molecule has 4 aliphatic rings. The van der Waals surface area contributed by atoms with Gasteiger partial charge in [0.1, 0.15) is 6.10 Å². The molecule has 1 aromatic carbocycles. The smallest absolute Gasteiger partial charge is 0.338 e. The summed E-state index contributed by atoms with van der Waals surface area (Å²) < 4.78 is 6.08. The van der Waals surface area contributed by atoms with Crippen LogP contribution in [0.4, 0.5) is 0 Å². The zero-order chi connectivity index (χ0) is 20.2. The van der Waals surface area contributed by atoms with Gasteiger partial charge in [-0.2, -0.15) is 0 Å². The number of carbonyl (C=O) groups excluding carboxylic acids is 2. The molecule has 2 fully saturated rings. The van der Waals surface area contributed by atoms with E-state index < -0.39 is 0 Å². The van der Waals surface area contributed by atoms with Crippen molar-refractivity contribution in [1.82, 2.24) is 0 Å². The van der Waals surface area contributed by atoms with Crippen molar-refractivity contribution in [2.45, 2.75) is 58.5 Å². The molecule has 3 nitrogen and oxygen atoms in total. The van der Waals surface area contributed by atoms with Crippen LogP contribution in [0, 0.1) is 28.6 Å². The molecule has 0 amide bonds. The molecule has 4 aliphatic carbocycles. The summed E-state index contributed by atoms with van der Waals surface area (Å²) in [6.45, 7) is 4.71. The van der Waals surface area contributed by atoms with Gasteiger partial charge < -0.3 is 4.74 Å². The van der Waals surface area contributed by atoms with E-state index in [9.17, 15) is 9.59 Å². The van der Waals surface area contributed by atoms with Crippen molar-refractivity contribution in [2.75, 3.05) is 0 Å². The maximum absolute atomic E-state index is 12.7. The van der Waals surface area contributed by atoms with Gasteiger partial charge in [0, 0.05) is 11.8 Å². The van der Waals surface area contributed by atoms with Gasteiger partial charge in [-0.25, -0.2) is 4.79 Å². The average Bonchev–Trinajstić information content (AvgIpc) is 3.05. The van der Waals surface area contributed by atoms with Crippen molar-refractivity contribution in [3.63, 3.8) is 0 Å². The summed E-state index contributed by atoms with van der Waals surface area (Å²) in [6.07, 6.45) is 12.4. The number of esters is 1. The van der Waals surface area contributed by atoms with Crippen LogP contribution in [-0.4, -0.2) is 17.9 Å². The third kappa shape index (κ3) is 2.85. The molecule has 0 bridgehead atoms. The fourth-order valence-electron chi connectivity index (χ4n) is 6.91. The lowest BCUT2D eigenvalue weighted by molar-refractivity contribution is -0.116. The molecular formula is C26H30O3. The molecule has 0 saturated heterocycles. The second-order valence-electron chi connectivity index (χ2n) is 10.0. The van der Waals surface area contributed by atoms with Crippen LogP contribution < -0.4 is 0 Å². The number of carbonyl (C=O) groups is 2. The maximum atomic E-state index is 12.7. The molecule has 6 atom stereocenters. The van der Waals surface area contributed by atoms with Gasteiger partial charge in [0.25, 0.3) is 0 Å². The number of allylic oxidation sites excluding steroid dienone is 4. The zero-order valence-corrected chi connectivity index (χ0v) is 17.4. The van der Waals surface area contributed by atoms with Crippen LogP contribution in [0.5, 0.6) is 0 Å². The number of ketones is 1. The van der Waals surface area contributed by atoms with Crippen molar-refractivity contribution in [2.24, 2.45) is 28.6 Å². The van der Waals surface area contributed by atoms with Gasteiger partial charge in [0.05, 0.1) is 5.56 Å². The molecule has 0 heterocycles. The SMILES string of the molecule is C[C@]12CC[C@H]3[C@@H](C=CC4=CC(=O)CC[C@@]43C)[C@@H]1CC[C@@H]2OC(=O)c1ccccc1. The second kappa shape index (κ2) is 6.68. The zero-order valence-electron chi connectivity index (χ0n) is 17.4. The van der Waals surface area contributed by atoms with E-state index in [4.69, 9.17) is 4.74 Å². The van der Waals surface area contributed by atoms with E-state index in [1.807, 2.05) is 36.4 Å². The highest BCUT2D eigenvalue weighted by Gasteiger charge is 2.59. The molecule has 0 spiro atoms. The second-order valence-corrected chi connectivity index (χ2v) is 10.0. The van der Waals surface area contributed by atoms with E-state index in [-0.39, 0.29) is 28.7 Å². The Bertz CT molecular complexity index is 898. The third-order valence-electron chi connectivity index (χ3n) is 8.69. The summed E-state index contributed by atoms with van der Waals surface area (Å²) in [5.41, 5.74) is 2.04. The topological polar surface area (TPSA) is 43.4 Å². The highest BCUT2D eigenvalue weighted by Crippen LogP contribution is 2.64. The Morgan fingerprint density at radius 2 is 1.83 bits per heavy atom. The molecule has 29 heavy (non-hydrogen) atoms. The molecule has 3 heteroatoms. The Morgan fingerprint density at radius 1 is 1.03 bits per heavy atom. The van der Waals surface area contributed by atoms with Crippen LogP contribution in [0.25, 0.3) is 0 Å². The minimum Gasteiger partial charge on any atom is -0.458 e. The first-order chi connectivity index (χ1) is 13.9. The lowest BCUT2D eigenvalue weighted by Gasteiger charge is -2.55. The number of benzene rings is 1. The predicted octanol–water partition coefficient (Wildman–Crippen LogP) is 5.52. The van der Waals surface area contributed by atoms with Crippen LogP contribution in [0.3, 0.4) is 0 Å². The highest BCUT2D eigenvalue weighted by atomic mass is 16.5. The minimum absolute atomic E-state index is 0.00719. The molecule has 1 aromatic rings. The number of hydrogen-bond donors (Lipinski definition) is 0. The van der Waals surface area contributed by atoms with Gasteiger partial charge in [-0.05, 0) is 79.1 Å². The molecule has 2 saturated carbocycles. The maximum Gasteiger partial charge on any atom is 0.338 e. The fraction of sp³-hybridized carbons (Fsp3) is 0.538. The molecule has 5 rings (SSSR count). The van der Waals surface area contributed by atoms with Crippen LogP contribution in [0.15, 0.2) is 54.1 Å². The Hall–Kier alpha value is -2.16. The number of fused-ring (bicyclic) bond motifs is 5. The van der Waals surface area contributed by atoms with Gasteiger partial charge in [-0.1, -0.05) is 44.2 Å². The fourth-order valence-corrected chi connectivity index (χ4v) is 6.91. The largest absolute Gasteiger partial charge is 0.458 e. The monoisotopic (exact) mass is 390 g/mol. The van der Waals surface area contributed by atoms with E-state index >= 15 is 0 Å². The number of ether oxygens (including phenoxy) is 1. The molecule has 0 N–H and O–H groups in total. The Morgan fingerprint density at radius 3 is 2.62 bits per heavy atom. The van der Waals surface area contributed by atoms with Crippen LogP contribution >= 0.6 is 0 Å². The van der Waals surface area contributed by atoms with E-state index in [1.54, 1.807) is 0 Å². The Kier molecular flexibility index (Phi) is 4.34. The highest BCUT2D eigenvalue weighted by molar-refractivity contribution is 5.92. The van der Waals surface area contributed by atoms with Crippen LogP contribution in [0.1, 0.15) is 62.7 Å². The van der Waals surface area contributed by atoms with Crippen LogP contribution in [-0.2, 0) is 9.53 Å². The Balaban J connectivity index is 1.40. The third-order valence-corrected chi connectivity index (χ3v) is 8.69. The summed E-state index contributed by atoms with van der Waals surface area (Å²) in [5, 5.41) is 0. The molecular weight excluding hydrogens is 360 g/mol. The molecule has 152 valence electrons. The summed E-state index contributed by atoms with van der Waals surface area (Å²) in [6, 6.07) is 9.35. The summed E-state index contributed by atoms with van der Waals surface area (Å²) in [4.78, 5) is 24.7. The first-order valence-corrected chi connectivity index (χ1v) is 11.1. The molecule has 0 aliphatic heterocycles. The first-order valence-electron chi connectivity index (χ1n) is 11.1. The summed E-state index contributed by atoms with van der Waals surface area (Å²) >= 11 is 0. The van der Waals surface area contributed by atoms with Crippen LogP contribution in [0.2, 0.25) is 0 Å². The van der Waals surface area contributed by atoms with Gasteiger partial charge in [0.15, 0.2) is 5.78 Å². The van der Waals surface area contributed by atoms with Crippen molar-refractivity contribution < 1.29 is 14.3 Å². The van der Waals surface area contributed by atoms with E-state index in [2.05, 4.69) is 26.0 Å². The van der Waals surface area contributed by atoms with Crippen molar-refractivity contribution >= 4 is 11.8 Å². The van der Waals surface area contributed by atoms with Crippen molar-refractivity contribution in [1.29, 1.82) is 0 Å². The lowest BCUT2D eigenvalue weighted by Crippen LogP contribution is -2.50. The van der Waals surface area contributed by atoms with Gasteiger partial charge >= 0.3 is 5.97 Å². The van der Waals surface area contributed by atoms with Crippen molar-refractivity contribution in [3.8, 4) is 0 Å². The average molecular weight is 391 g/mol. The van der Waals surface area contributed by atoms with Gasteiger partial charge in [-0.15, -0.1) is 0 Å². The van der Waals surface area contributed by atoms with Crippen molar-refractivity contribution in [3.05, 3.63) is 59.7 Å². The molecule has 0 aromatic heterocycles. The lowest BCUT2D eigenvalue weighted by atomic mass is 9.49. The van der Waals surface area contributed by atoms with Gasteiger partial charge in [-0.3, -0.25) is 4.79 Å². The normalized spacial score (nSPS) is 40.5. The standard InChI is InChI=1S/C26H30O3/c1-25-14-12-19(27)16-18(25)8-9-20-21-10-11-23(26(21,2)15-13-22(20)25)29-24(28)17-6-4-3-5-7-17/h3-9,16,20-23H,10-15H2,1-2H3/t20-,21-,22-,23-,25-,26-/m0/s1. The number of rotatable bonds is 2. The minimum atomic E-state index is -0.193. The van der Waals surface area contributed by atoms with Gasteiger partial charge in [0.2, 0.25) is 0 Å². The molecule has 0 unspecified atom stereocenters. The molecule has 0 radical (unpaired) electrons.